The Kier molecular flexibility index (Phi) is 7.08. The zero-order valence-corrected chi connectivity index (χ0v) is 17.6. The summed E-state index contributed by atoms with van der Waals surface area (Å²) < 4.78 is 10.7. The van der Waals surface area contributed by atoms with Crippen LogP contribution in [0.25, 0.3) is 11.3 Å². The molecule has 0 atom stereocenters. The Morgan fingerprint density at radius 3 is 2.53 bits per heavy atom. The third-order valence-corrected chi connectivity index (χ3v) is 4.38. The molecule has 0 saturated heterocycles. The van der Waals surface area contributed by atoms with Crippen LogP contribution >= 0.6 is 11.6 Å². The van der Waals surface area contributed by atoms with E-state index in [0.29, 0.717) is 35.5 Å². The van der Waals surface area contributed by atoms with Crippen molar-refractivity contribution in [3.63, 3.8) is 0 Å². The maximum absolute atomic E-state index is 11.6. The summed E-state index contributed by atoms with van der Waals surface area (Å²) in [6.07, 6.45) is 0.230. The number of aromatic nitrogens is 2. The number of halogens is 1. The number of hydrogen-bond acceptors (Lipinski definition) is 7. The number of esters is 1. The molecular weight excluding hydrogens is 404 g/mol. The molecule has 8 heteroatoms. The van der Waals surface area contributed by atoms with Gasteiger partial charge in [0.05, 0.1) is 25.3 Å². The van der Waals surface area contributed by atoms with Crippen molar-refractivity contribution in [2.24, 2.45) is 0 Å². The third-order valence-electron chi connectivity index (χ3n) is 4.14. The van der Waals surface area contributed by atoms with Crippen LogP contribution in [-0.4, -0.2) is 29.2 Å². The second kappa shape index (κ2) is 9.93. The summed E-state index contributed by atoms with van der Waals surface area (Å²) in [6, 6.07) is 14.5. The maximum atomic E-state index is 11.6. The second-order valence-corrected chi connectivity index (χ2v) is 6.81. The molecule has 0 unspecified atom stereocenters. The van der Waals surface area contributed by atoms with Crippen LogP contribution in [0, 0.1) is 0 Å². The molecule has 0 aliphatic rings. The number of nitrogens with zero attached hydrogens (tertiary/aromatic N) is 2. The van der Waals surface area contributed by atoms with Crippen LogP contribution < -0.4 is 15.8 Å². The van der Waals surface area contributed by atoms with Crippen LogP contribution in [-0.2, 0) is 16.0 Å². The molecule has 2 aromatic carbocycles. The minimum absolute atomic E-state index is 0.122. The van der Waals surface area contributed by atoms with E-state index in [4.69, 9.17) is 26.8 Å². The Bertz CT molecular complexity index is 1030. The van der Waals surface area contributed by atoms with Crippen LogP contribution in [0.2, 0.25) is 5.02 Å². The fraction of sp³-hybridized carbons (Fsp3) is 0.227. The van der Waals surface area contributed by atoms with Gasteiger partial charge in [0, 0.05) is 22.3 Å². The zero-order valence-electron chi connectivity index (χ0n) is 16.8. The van der Waals surface area contributed by atoms with Crippen LogP contribution in [0.15, 0.2) is 48.5 Å². The number of hydrogen-bond donors (Lipinski definition) is 2. The van der Waals surface area contributed by atoms with Crippen LogP contribution in [0.5, 0.6) is 5.75 Å². The molecule has 1 heterocycles. The number of nitrogens with two attached hydrogens (primary N) is 1. The highest BCUT2D eigenvalue weighted by Gasteiger charge is 2.12. The van der Waals surface area contributed by atoms with E-state index in [-0.39, 0.29) is 18.3 Å². The van der Waals surface area contributed by atoms with Gasteiger partial charge in [-0.05, 0) is 49.7 Å². The highest BCUT2D eigenvalue weighted by Crippen LogP contribution is 2.33. The molecule has 3 N–H and O–H groups in total. The Morgan fingerprint density at radius 2 is 1.83 bits per heavy atom. The highest BCUT2D eigenvalue weighted by molar-refractivity contribution is 6.31. The largest absolute Gasteiger partial charge is 0.493 e. The van der Waals surface area contributed by atoms with E-state index in [1.54, 1.807) is 31.2 Å². The lowest BCUT2D eigenvalue weighted by atomic mass is 10.1. The average Bonchev–Trinajstić information content (AvgIpc) is 2.71. The molecule has 3 aromatic rings. The fourth-order valence-electron chi connectivity index (χ4n) is 2.88. The summed E-state index contributed by atoms with van der Waals surface area (Å²) in [5.74, 6) is 1.06. The second-order valence-electron chi connectivity index (χ2n) is 6.37. The first-order valence-electron chi connectivity index (χ1n) is 9.57. The van der Waals surface area contributed by atoms with Crippen molar-refractivity contribution >= 4 is 35.0 Å². The smallest absolute Gasteiger partial charge is 0.310 e. The zero-order chi connectivity index (χ0) is 21.5. The number of nitrogens with one attached hydrogen (secondary N) is 1. The Hall–Kier alpha value is -3.32. The predicted molar refractivity (Wildman–Crippen MR) is 118 cm³/mol. The predicted octanol–water partition coefficient (Wildman–Crippen LogP) is 4.63. The van der Waals surface area contributed by atoms with Gasteiger partial charge in [-0.1, -0.05) is 23.7 Å². The summed E-state index contributed by atoms with van der Waals surface area (Å²) in [5.41, 5.74) is 8.91. The minimum Gasteiger partial charge on any atom is -0.493 e. The van der Waals surface area contributed by atoms with E-state index in [1.165, 1.54) is 0 Å². The van der Waals surface area contributed by atoms with Gasteiger partial charge in [-0.2, -0.15) is 4.98 Å². The average molecular weight is 427 g/mol. The summed E-state index contributed by atoms with van der Waals surface area (Å²) in [5, 5.41) is 3.77. The van der Waals surface area contributed by atoms with Gasteiger partial charge in [0.25, 0.3) is 0 Å². The maximum Gasteiger partial charge on any atom is 0.310 e. The molecule has 0 aliphatic carbocycles. The molecule has 0 radical (unpaired) electrons. The van der Waals surface area contributed by atoms with Crippen molar-refractivity contribution in [2.45, 2.75) is 20.3 Å². The van der Waals surface area contributed by atoms with E-state index in [1.807, 2.05) is 31.2 Å². The SMILES string of the molecule is CCOC(=O)Cc1ccc(Nc2cc(-c3cc(Cl)ccc3OCC)nc(N)n2)cc1. The summed E-state index contributed by atoms with van der Waals surface area (Å²) in [7, 11) is 0. The number of carbonyl (C=O) groups is 1. The lowest BCUT2D eigenvalue weighted by Crippen LogP contribution is -2.07. The van der Waals surface area contributed by atoms with Crippen molar-refractivity contribution < 1.29 is 14.3 Å². The van der Waals surface area contributed by atoms with Crippen LogP contribution in [0.4, 0.5) is 17.5 Å². The number of rotatable bonds is 8. The van der Waals surface area contributed by atoms with E-state index in [0.717, 1.165) is 16.8 Å². The summed E-state index contributed by atoms with van der Waals surface area (Å²) >= 11 is 6.17. The topological polar surface area (TPSA) is 99.4 Å². The molecular formula is C22H23ClN4O3. The van der Waals surface area contributed by atoms with Crippen molar-refractivity contribution in [3.05, 3.63) is 59.1 Å². The quantitative estimate of drug-likeness (QED) is 0.506. The van der Waals surface area contributed by atoms with Gasteiger partial charge in [-0.25, -0.2) is 4.98 Å². The molecule has 1 aromatic heterocycles. The summed E-state index contributed by atoms with van der Waals surface area (Å²) in [4.78, 5) is 20.2. The van der Waals surface area contributed by atoms with Gasteiger partial charge < -0.3 is 20.5 Å². The van der Waals surface area contributed by atoms with Crippen molar-refractivity contribution in [1.82, 2.24) is 9.97 Å². The highest BCUT2D eigenvalue weighted by atomic mass is 35.5. The van der Waals surface area contributed by atoms with Gasteiger partial charge in [-0.15, -0.1) is 0 Å². The van der Waals surface area contributed by atoms with Gasteiger partial charge in [0.2, 0.25) is 5.95 Å². The van der Waals surface area contributed by atoms with Crippen LogP contribution in [0.1, 0.15) is 19.4 Å². The number of nitrogen functional groups attached to an aromatic ring is 1. The Balaban J connectivity index is 1.83. The molecule has 156 valence electrons. The van der Waals surface area contributed by atoms with Gasteiger partial charge in [0.15, 0.2) is 0 Å². The first-order chi connectivity index (χ1) is 14.5. The molecule has 0 amide bonds. The molecule has 3 rings (SSSR count). The lowest BCUT2D eigenvalue weighted by molar-refractivity contribution is -0.142. The fourth-order valence-corrected chi connectivity index (χ4v) is 3.06. The first kappa shape index (κ1) is 21.4. The minimum atomic E-state index is -0.252. The standard InChI is InChI=1S/C22H23ClN4O3/c1-3-29-19-10-7-15(23)12-17(19)18-13-20(27-22(24)26-18)25-16-8-5-14(6-9-16)11-21(28)30-4-2/h5-10,12-13H,3-4,11H2,1-2H3,(H3,24,25,26,27). The van der Waals surface area contributed by atoms with E-state index in [2.05, 4.69) is 15.3 Å². The van der Waals surface area contributed by atoms with E-state index in [9.17, 15) is 4.79 Å². The number of anilines is 3. The molecule has 0 spiro atoms. The number of carbonyl (C=O) groups excluding carboxylic acids is 1. The van der Waals surface area contributed by atoms with Gasteiger partial charge >= 0.3 is 5.97 Å². The summed E-state index contributed by atoms with van der Waals surface area (Å²) in [6.45, 7) is 4.57. The Morgan fingerprint density at radius 1 is 1.07 bits per heavy atom. The molecule has 0 aliphatic heterocycles. The normalized spacial score (nSPS) is 10.5. The number of benzene rings is 2. The Labute approximate surface area is 180 Å². The van der Waals surface area contributed by atoms with Crippen molar-refractivity contribution in [2.75, 3.05) is 24.3 Å². The molecule has 7 nitrogen and oxygen atoms in total. The van der Waals surface area contributed by atoms with Crippen molar-refractivity contribution in [3.8, 4) is 17.0 Å². The first-order valence-corrected chi connectivity index (χ1v) is 9.95. The van der Waals surface area contributed by atoms with Crippen LogP contribution in [0.3, 0.4) is 0 Å². The van der Waals surface area contributed by atoms with Crippen molar-refractivity contribution in [1.29, 1.82) is 0 Å². The third kappa shape index (κ3) is 5.61. The molecule has 0 saturated carbocycles. The van der Waals surface area contributed by atoms with E-state index >= 15 is 0 Å². The molecule has 0 fully saturated rings. The van der Waals surface area contributed by atoms with E-state index < -0.39 is 0 Å². The monoisotopic (exact) mass is 426 g/mol. The number of ether oxygens (including phenoxy) is 2. The lowest BCUT2D eigenvalue weighted by Gasteiger charge is -2.12. The molecule has 30 heavy (non-hydrogen) atoms. The van der Waals surface area contributed by atoms with Gasteiger partial charge in [0.1, 0.15) is 11.6 Å². The molecule has 0 bridgehead atoms. The van der Waals surface area contributed by atoms with Gasteiger partial charge in [-0.3, -0.25) is 4.79 Å².